The van der Waals surface area contributed by atoms with Crippen molar-refractivity contribution in [3.05, 3.63) is 23.8 Å². The van der Waals surface area contributed by atoms with Crippen LogP contribution in [0.25, 0.3) is 11.0 Å². The van der Waals surface area contributed by atoms with Crippen LogP contribution < -0.4 is 11.1 Å². The highest BCUT2D eigenvalue weighted by Crippen LogP contribution is 2.20. The summed E-state index contributed by atoms with van der Waals surface area (Å²) in [7, 11) is 1.60. The number of carbonyl (C=O) groups is 1. The molecule has 0 saturated heterocycles. The minimum absolute atomic E-state index is 0.0903. The molecule has 3 N–H and O–H groups in total. The van der Waals surface area contributed by atoms with Gasteiger partial charge in [-0.05, 0) is 18.6 Å². The van der Waals surface area contributed by atoms with Crippen LogP contribution in [0.4, 0.5) is 5.95 Å². The molecular weight excluding hydrogens is 204 g/mol. The molecule has 0 aliphatic rings. The lowest BCUT2D eigenvalue weighted by Crippen LogP contribution is -2.24. The zero-order valence-electron chi connectivity index (χ0n) is 9.32. The van der Waals surface area contributed by atoms with Gasteiger partial charge in [0.05, 0.1) is 11.0 Å². The molecule has 2 aromatic rings. The third kappa shape index (κ3) is 1.60. The standard InChI is InChI=1S/C11H14N4O/c1-7-4-3-5-8-10(7)14-11(12)15(8)6-9(16)13-2/h3-5H,6H2,1-2H3,(H2,12,14)(H,13,16). The molecule has 1 amide bonds. The summed E-state index contributed by atoms with van der Waals surface area (Å²) in [5, 5.41) is 2.57. The van der Waals surface area contributed by atoms with Crippen LogP contribution in [0.3, 0.4) is 0 Å². The molecule has 0 saturated carbocycles. The number of anilines is 1. The van der Waals surface area contributed by atoms with E-state index in [-0.39, 0.29) is 12.5 Å². The van der Waals surface area contributed by atoms with E-state index < -0.39 is 0 Å². The Bertz CT molecular complexity index is 544. The summed E-state index contributed by atoms with van der Waals surface area (Å²) in [4.78, 5) is 15.6. The smallest absolute Gasteiger partial charge is 0.239 e. The van der Waals surface area contributed by atoms with Gasteiger partial charge in [-0.1, -0.05) is 12.1 Å². The van der Waals surface area contributed by atoms with E-state index in [0.29, 0.717) is 5.95 Å². The molecule has 0 spiro atoms. The van der Waals surface area contributed by atoms with Crippen molar-refractivity contribution in [3.63, 3.8) is 0 Å². The summed E-state index contributed by atoms with van der Waals surface area (Å²) in [5.74, 6) is 0.278. The third-order valence-electron chi connectivity index (χ3n) is 2.59. The normalized spacial score (nSPS) is 10.6. The van der Waals surface area contributed by atoms with Crippen LogP contribution >= 0.6 is 0 Å². The fourth-order valence-corrected chi connectivity index (χ4v) is 1.69. The van der Waals surface area contributed by atoms with E-state index in [9.17, 15) is 4.79 Å². The Morgan fingerprint density at radius 2 is 2.31 bits per heavy atom. The van der Waals surface area contributed by atoms with Gasteiger partial charge in [-0.25, -0.2) is 4.98 Å². The van der Waals surface area contributed by atoms with Gasteiger partial charge in [0.2, 0.25) is 11.9 Å². The number of amides is 1. The predicted octanol–water partition coefficient (Wildman–Crippen LogP) is 0.673. The van der Waals surface area contributed by atoms with Crippen molar-refractivity contribution in [2.24, 2.45) is 0 Å². The van der Waals surface area contributed by atoms with E-state index in [2.05, 4.69) is 10.3 Å². The average molecular weight is 218 g/mol. The number of fused-ring (bicyclic) bond motifs is 1. The molecule has 0 unspecified atom stereocenters. The number of aryl methyl sites for hydroxylation is 1. The number of nitrogen functional groups attached to an aromatic ring is 1. The van der Waals surface area contributed by atoms with Crippen LogP contribution in [0.2, 0.25) is 0 Å². The Hall–Kier alpha value is -2.04. The maximum absolute atomic E-state index is 11.3. The maximum atomic E-state index is 11.3. The van der Waals surface area contributed by atoms with Crippen LogP contribution in [0.1, 0.15) is 5.56 Å². The molecular formula is C11H14N4O. The van der Waals surface area contributed by atoms with Gasteiger partial charge in [0.15, 0.2) is 0 Å². The van der Waals surface area contributed by atoms with Gasteiger partial charge in [0.1, 0.15) is 6.54 Å². The van der Waals surface area contributed by atoms with E-state index in [1.807, 2.05) is 25.1 Å². The number of nitrogens with zero attached hydrogens (tertiary/aromatic N) is 2. The molecule has 0 radical (unpaired) electrons. The van der Waals surface area contributed by atoms with E-state index in [0.717, 1.165) is 16.6 Å². The van der Waals surface area contributed by atoms with Crippen molar-refractivity contribution in [3.8, 4) is 0 Å². The van der Waals surface area contributed by atoms with Crippen LogP contribution in [-0.4, -0.2) is 22.5 Å². The zero-order valence-corrected chi connectivity index (χ0v) is 9.32. The van der Waals surface area contributed by atoms with Gasteiger partial charge in [-0.15, -0.1) is 0 Å². The molecule has 2 rings (SSSR count). The van der Waals surface area contributed by atoms with E-state index in [4.69, 9.17) is 5.73 Å². The summed E-state index contributed by atoms with van der Waals surface area (Å²) in [6.07, 6.45) is 0. The highest BCUT2D eigenvalue weighted by atomic mass is 16.1. The van der Waals surface area contributed by atoms with E-state index in [1.165, 1.54) is 0 Å². The first-order valence-electron chi connectivity index (χ1n) is 5.05. The number of hydrogen-bond acceptors (Lipinski definition) is 3. The van der Waals surface area contributed by atoms with Gasteiger partial charge in [-0.3, -0.25) is 4.79 Å². The third-order valence-corrected chi connectivity index (χ3v) is 2.59. The van der Waals surface area contributed by atoms with Crippen LogP contribution in [0, 0.1) is 6.92 Å². The molecule has 1 aromatic heterocycles. The van der Waals surface area contributed by atoms with Gasteiger partial charge in [0, 0.05) is 7.05 Å². The molecule has 0 atom stereocenters. The second kappa shape index (κ2) is 3.84. The topological polar surface area (TPSA) is 72.9 Å². The SMILES string of the molecule is CNC(=O)Cn1c(N)nc2c(C)cccc21. The highest BCUT2D eigenvalue weighted by Gasteiger charge is 2.11. The fraction of sp³-hybridized carbons (Fsp3) is 0.273. The van der Waals surface area contributed by atoms with E-state index >= 15 is 0 Å². The number of aromatic nitrogens is 2. The largest absolute Gasteiger partial charge is 0.369 e. The minimum Gasteiger partial charge on any atom is -0.369 e. The molecule has 0 aliphatic heterocycles. The van der Waals surface area contributed by atoms with Crippen molar-refractivity contribution in [1.29, 1.82) is 0 Å². The van der Waals surface area contributed by atoms with Crippen molar-refractivity contribution in [2.75, 3.05) is 12.8 Å². The van der Waals surface area contributed by atoms with Crippen LogP contribution in [-0.2, 0) is 11.3 Å². The lowest BCUT2D eigenvalue weighted by atomic mass is 10.2. The summed E-state index contributed by atoms with van der Waals surface area (Å²) < 4.78 is 1.71. The molecule has 0 bridgehead atoms. The number of benzene rings is 1. The van der Waals surface area contributed by atoms with Crippen LogP contribution in [0.15, 0.2) is 18.2 Å². The summed E-state index contributed by atoms with van der Waals surface area (Å²) in [6.45, 7) is 2.17. The Morgan fingerprint density at radius 1 is 1.56 bits per heavy atom. The maximum Gasteiger partial charge on any atom is 0.239 e. The summed E-state index contributed by atoms with van der Waals surface area (Å²) >= 11 is 0. The second-order valence-electron chi connectivity index (χ2n) is 3.67. The quantitative estimate of drug-likeness (QED) is 0.778. The minimum atomic E-state index is -0.0903. The Balaban J connectivity index is 2.56. The highest BCUT2D eigenvalue weighted by molar-refractivity contribution is 5.84. The molecule has 84 valence electrons. The first-order valence-corrected chi connectivity index (χ1v) is 5.05. The van der Waals surface area contributed by atoms with Crippen molar-refractivity contribution in [1.82, 2.24) is 14.9 Å². The number of likely N-dealkylation sites (N-methyl/N-ethyl adjacent to an activating group) is 1. The number of rotatable bonds is 2. The van der Waals surface area contributed by atoms with Gasteiger partial charge in [-0.2, -0.15) is 0 Å². The Labute approximate surface area is 93.3 Å². The number of para-hydroxylation sites is 1. The van der Waals surface area contributed by atoms with Crippen LogP contribution in [0.5, 0.6) is 0 Å². The number of hydrogen-bond donors (Lipinski definition) is 2. The number of nitrogens with one attached hydrogen (secondary N) is 1. The first-order chi connectivity index (χ1) is 7.63. The summed E-state index contributed by atoms with van der Waals surface area (Å²) in [5.41, 5.74) is 8.59. The molecule has 1 aromatic carbocycles. The molecule has 0 fully saturated rings. The Morgan fingerprint density at radius 3 is 3.00 bits per heavy atom. The van der Waals surface area contributed by atoms with Gasteiger partial charge >= 0.3 is 0 Å². The second-order valence-corrected chi connectivity index (χ2v) is 3.67. The molecule has 0 aliphatic carbocycles. The van der Waals surface area contributed by atoms with Gasteiger partial charge < -0.3 is 15.6 Å². The zero-order chi connectivity index (χ0) is 11.7. The lowest BCUT2D eigenvalue weighted by molar-refractivity contribution is -0.121. The number of carbonyl (C=O) groups excluding carboxylic acids is 1. The van der Waals surface area contributed by atoms with Gasteiger partial charge in [0.25, 0.3) is 0 Å². The molecule has 16 heavy (non-hydrogen) atoms. The predicted molar refractivity (Wildman–Crippen MR) is 62.9 cm³/mol. The molecule has 5 heteroatoms. The Kier molecular flexibility index (Phi) is 2.52. The van der Waals surface area contributed by atoms with E-state index in [1.54, 1.807) is 11.6 Å². The molecule has 1 heterocycles. The fourth-order valence-electron chi connectivity index (χ4n) is 1.69. The number of nitrogens with two attached hydrogens (primary N) is 1. The molecule has 5 nitrogen and oxygen atoms in total. The average Bonchev–Trinajstić information content (AvgIpc) is 2.58. The number of imidazole rings is 1. The monoisotopic (exact) mass is 218 g/mol. The van der Waals surface area contributed by atoms with Crippen molar-refractivity contribution < 1.29 is 4.79 Å². The van der Waals surface area contributed by atoms with Crippen molar-refractivity contribution >= 4 is 22.9 Å². The lowest BCUT2D eigenvalue weighted by Gasteiger charge is -2.04. The van der Waals surface area contributed by atoms with Crippen molar-refractivity contribution in [2.45, 2.75) is 13.5 Å². The first kappa shape index (κ1) is 10.5. The summed E-state index contributed by atoms with van der Waals surface area (Å²) in [6, 6.07) is 5.81.